The highest BCUT2D eigenvalue weighted by atomic mass is 16.5. The molecule has 19 heavy (non-hydrogen) atoms. The third-order valence-electron chi connectivity index (χ3n) is 2.45. The summed E-state index contributed by atoms with van der Waals surface area (Å²) in [5, 5.41) is 5.91. The van der Waals surface area contributed by atoms with Crippen LogP contribution in [0.25, 0.3) is 0 Å². The lowest BCUT2D eigenvalue weighted by Gasteiger charge is -2.11. The Labute approximate surface area is 114 Å². The number of methoxy groups -OCH3 is 1. The molecule has 0 spiro atoms. The quantitative estimate of drug-likeness (QED) is 0.745. The van der Waals surface area contributed by atoms with E-state index in [1.165, 1.54) is 0 Å². The molecule has 1 amide bonds. The topological polar surface area (TPSA) is 59.6 Å². The summed E-state index contributed by atoms with van der Waals surface area (Å²) in [4.78, 5) is 11.6. The van der Waals surface area contributed by atoms with Crippen molar-refractivity contribution in [1.82, 2.24) is 5.32 Å². The van der Waals surface area contributed by atoms with Crippen molar-refractivity contribution in [3.63, 3.8) is 0 Å². The van der Waals surface area contributed by atoms with Crippen molar-refractivity contribution < 1.29 is 14.3 Å². The van der Waals surface area contributed by atoms with Crippen LogP contribution < -0.4 is 15.4 Å². The zero-order valence-corrected chi connectivity index (χ0v) is 11.7. The van der Waals surface area contributed by atoms with Gasteiger partial charge in [0.25, 0.3) is 0 Å². The van der Waals surface area contributed by atoms with Gasteiger partial charge in [0.2, 0.25) is 0 Å². The average Bonchev–Trinajstić information content (AvgIpc) is 2.38. The summed E-state index contributed by atoms with van der Waals surface area (Å²) in [5.41, 5.74) is 0.607. The Bertz CT molecular complexity index is 394. The van der Waals surface area contributed by atoms with Crippen LogP contribution in [0.3, 0.4) is 0 Å². The number of hydrogen-bond acceptors (Lipinski definition) is 4. The molecule has 0 bridgehead atoms. The van der Waals surface area contributed by atoms with E-state index in [2.05, 4.69) is 24.5 Å². The van der Waals surface area contributed by atoms with Gasteiger partial charge in [0.15, 0.2) is 0 Å². The third kappa shape index (κ3) is 6.10. The summed E-state index contributed by atoms with van der Waals surface area (Å²) < 4.78 is 10.2. The lowest BCUT2D eigenvalue weighted by Crippen LogP contribution is -2.25. The van der Waals surface area contributed by atoms with Crippen LogP contribution in [0.15, 0.2) is 24.3 Å². The van der Waals surface area contributed by atoms with Crippen molar-refractivity contribution >= 4 is 11.8 Å². The van der Waals surface area contributed by atoms with Gasteiger partial charge in [-0.05, 0) is 25.1 Å². The molecule has 1 aromatic carbocycles. The van der Waals surface area contributed by atoms with Gasteiger partial charge in [-0.3, -0.25) is 5.32 Å². The molecule has 106 valence electrons. The van der Waals surface area contributed by atoms with E-state index in [1.807, 2.05) is 12.1 Å². The second kappa shape index (κ2) is 8.37. The van der Waals surface area contributed by atoms with Gasteiger partial charge in [-0.15, -0.1) is 0 Å². The van der Waals surface area contributed by atoms with Crippen molar-refractivity contribution in [2.45, 2.75) is 26.3 Å². The van der Waals surface area contributed by atoms with Crippen LogP contribution in [0.5, 0.6) is 5.75 Å². The Morgan fingerprint density at radius 2 is 2.05 bits per heavy atom. The second-order valence-electron chi connectivity index (χ2n) is 4.42. The van der Waals surface area contributed by atoms with Crippen molar-refractivity contribution in [1.29, 1.82) is 0 Å². The van der Waals surface area contributed by atoms with Crippen LogP contribution in [0, 0.1) is 0 Å². The largest absolute Gasteiger partial charge is 0.495 e. The fraction of sp³-hybridized carbons (Fsp3) is 0.500. The van der Waals surface area contributed by atoms with Gasteiger partial charge >= 0.3 is 6.09 Å². The Kier molecular flexibility index (Phi) is 6.74. The molecule has 1 aromatic rings. The molecule has 0 unspecified atom stereocenters. The average molecular weight is 266 g/mol. The molecule has 0 atom stereocenters. The zero-order valence-electron chi connectivity index (χ0n) is 11.7. The highest BCUT2D eigenvalue weighted by Crippen LogP contribution is 2.22. The smallest absolute Gasteiger partial charge is 0.411 e. The summed E-state index contributed by atoms with van der Waals surface area (Å²) in [7, 11) is 1.56. The van der Waals surface area contributed by atoms with Crippen LogP contribution in [0.1, 0.15) is 20.3 Å². The number of carbonyl (C=O) groups is 1. The molecule has 0 aliphatic rings. The van der Waals surface area contributed by atoms with Crippen LogP contribution in [0.4, 0.5) is 10.5 Å². The Morgan fingerprint density at radius 1 is 1.32 bits per heavy atom. The van der Waals surface area contributed by atoms with E-state index in [0.717, 1.165) is 13.0 Å². The van der Waals surface area contributed by atoms with Crippen molar-refractivity contribution in [2.24, 2.45) is 0 Å². The molecule has 0 aliphatic carbocycles. The molecule has 2 N–H and O–H groups in total. The molecule has 0 aliphatic heterocycles. The number of ether oxygens (including phenoxy) is 2. The number of para-hydroxylation sites is 2. The Balaban J connectivity index is 2.27. The summed E-state index contributed by atoms with van der Waals surface area (Å²) in [5.74, 6) is 0.612. The van der Waals surface area contributed by atoms with Gasteiger partial charge in [0.1, 0.15) is 5.75 Å². The van der Waals surface area contributed by atoms with E-state index in [9.17, 15) is 4.79 Å². The predicted octanol–water partition coefficient (Wildman–Crippen LogP) is 2.63. The first-order valence-corrected chi connectivity index (χ1v) is 6.43. The van der Waals surface area contributed by atoms with Crippen LogP contribution in [-0.2, 0) is 4.74 Å². The molecule has 0 saturated heterocycles. The van der Waals surface area contributed by atoms with Gasteiger partial charge in [0, 0.05) is 6.04 Å². The van der Waals surface area contributed by atoms with E-state index in [-0.39, 0.29) is 0 Å². The normalized spacial score (nSPS) is 10.3. The zero-order chi connectivity index (χ0) is 14.1. The Morgan fingerprint density at radius 3 is 2.74 bits per heavy atom. The van der Waals surface area contributed by atoms with Gasteiger partial charge < -0.3 is 14.8 Å². The minimum atomic E-state index is -0.464. The number of benzene rings is 1. The van der Waals surface area contributed by atoms with E-state index >= 15 is 0 Å². The highest BCUT2D eigenvalue weighted by Gasteiger charge is 2.07. The molecule has 5 heteroatoms. The second-order valence-corrected chi connectivity index (χ2v) is 4.42. The lowest BCUT2D eigenvalue weighted by atomic mass is 10.3. The number of amides is 1. The third-order valence-corrected chi connectivity index (χ3v) is 2.45. The number of rotatable bonds is 7. The summed E-state index contributed by atoms with van der Waals surface area (Å²) in [6, 6.07) is 7.66. The minimum Gasteiger partial charge on any atom is -0.495 e. The van der Waals surface area contributed by atoms with E-state index in [4.69, 9.17) is 9.47 Å². The first kappa shape index (κ1) is 15.3. The number of anilines is 1. The van der Waals surface area contributed by atoms with Gasteiger partial charge in [-0.2, -0.15) is 0 Å². The maximum Gasteiger partial charge on any atom is 0.411 e. The standard InChI is InChI=1S/C14H22N2O3/c1-11(2)15-9-6-10-19-14(17)16-12-7-4-5-8-13(12)18-3/h4-5,7-8,11,15H,6,9-10H2,1-3H3,(H,16,17). The molecule has 0 aromatic heterocycles. The maximum atomic E-state index is 11.6. The predicted molar refractivity (Wildman–Crippen MR) is 75.7 cm³/mol. The van der Waals surface area contributed by atoms with Gasteiger partial charge in [0.05, 0.1) is 19.4 Å². The molecular formula is C14H22N2O3. The van der Waals surface area contributed by atoms with Crippen molar-refractivity contribution in [3.05, 3.63) is 24.3 Å². The molecule has 1 rings (SSSR count). The summed E-state index contributed by atoms with van der Waals surface area (Å²) in [6.07, 6.45) is 0.325. The highest BCUT2D eigenvalue weighted by molar-refractivity contribution is 5.86. The Hall–Kier alpha value is -1.75. The maximum absolute atomic E-state index is 11.6. The van der Waals surface area contributed by atoms with Crippen LogP contribution in [-0.4, -0.2) is 32.4 Å². The lowest BCUT2D eigenvalue weighted by molar-refractivity contribution is 0.159. The molecule has 0 radical (unpaired) electrons. The molecule has 5 nitrogen and oxygen atoms in total. The molecule has 0 saturated carbocycles. The SMILES string of the molecule is COc1ccccc1NC(=O)OCCCNC(C)C. The molecule has 0 heterocycles. The fourth-order valence-corrected chi connectivity index (χ4v) is 1.52. The number of hydrogen-bond donors (Lipinski definition) is 2. The number of nitrogens with one attached hydrogen (secondary N) is 2. The minimum absolute atomic E-state index is 0.390. The van der Waals surface area contributed by atoms with Crippen LogP contribution in [0.2, 0.25) is 0 Å². The van der Waals surface area contributed by atoms with E-state index < -0.39 is 6.09 Å². The van der Waals surface area contributed by atoms with Gasteiger partial charge in [-0.25, -0.2) is 4.79 Å². The fourth-order valence-electron chi connectivity index (χ4n) is 1.52. The molecular weight excluding hydrogens is 244 g/mol. The first-order chi connectivity index (χ1) is 9.13. The van der Waals surface area contributed by atoms with E-state index in [1.54, 1.807) is 19.2 Å². The first-order valence-electron chi connectivity index (χ1n) is 6.43. The summed E-state index contributed by atoms with van der Waals surface area (Å²) in [6.45, 7) is 5.38. The van der Waals surface area contributed by atoms with Crippen molar-refractivity contribution in [2.75, 3.05) is 25.6 Å². The monoisotopic (exact) mass is 266 g/mol. The van der Waals surface area contributed by atoms with Gasteiger partial charge in [-0.1, -0.05) is 26.0 Å². The number of carbonyl (C=O) groups excluding carboxylic acids is 1. The summed E-state index contributed by atoms with van der Waals surface area (Å²) >= 11 is 0. The molecule has 0 fully saturated rings. The van der Waals surface area contributed by atoms with E-state index in [0.29, 0.717) is 24.1 Å². The van der Waals surface area contributed by atoms with Crippen molar-refractivity contribution in [3.8, 4) is 5.75 Å². The van der Waals surface area contributed by atoms with Crippen LogP contribution >= 0.6 is 0 Å².